The first-order chi connectivity index (χ1) is 15.3. The molecule has 9 heteroatoms. The van der Waals surface area contributed by atoms with Gasteiger partial charge in [0, 0.05) is 22.9 Å². The molecule has 2 aromatic carbocycles. The van der Waals surface area contributed by atoms with Crippen LogP contribution in [0.2, 0.25) is 5.02 Å². The first-order valence-corrected chi connectivity index (χ1v) is 11.6. The molecule has 0 saturated heterocycles. The Labute approximate surface area is 197 Å². The molecule has 1 aromatic heterocycles. The van der Waals surface area contributed by atoms with Crippen LogP contribution < -0.4 is 10.6 Å². The van der Waals surface area contributed by atoms with Crippen molar-refractivity contribution in [2.45, 2.75) is 45.8 Å². The van der Waals surface area contributed by atoms with Crippen LogP contribution in [0.4, 0.5) is 11.4 Å². The summed E-state index contributed by atoms with van der Waals surface area (Å²) in [6.45, 7) is 8.41. The normalized spacial score (nSPS) is 10.8. The predicted octanol–water partition coefficient (Wildman–Crippen LogP) is 4.79. The van der Waals surface area contributed by atoms with E-state index in [1.54, 1.807) is 18.2 Å². The number of halogens is 1. The summed E-state index contributed by atoms with van der Waals surface area (Å²) in [7, 11) is 0. The number of amides is 2. The molecule has 0 radical (unpaired) electrons. The Morgan fingerprint density at radius 3 is 2.28 bits per heavy atom. The van der Waals surface area contributed by atoms with Crippen LogP contribution in [0.25, 0.3) is 0 Å². The van der Waals surface area contributed by atoms with E-state index in [9.17, 15) is 9.59 Å². The van der Waals surface area contributed by atoms with Crippen LogP contribution in [0.3, 0.4) is 0 Å². The lowest BCUT2D eigenvalue weighted by Crippen LogP contribution is -2.18. The van der Waals surface area contributed by atoms with E-state index in [4.69, 9.17) is 11.6 Å². The zero-order valence-electron chi connectivity index (χ0n) is 18.5. The summed E-state index contributed by atoms with van der Waals surface area (Å²) >= 11 is 7.25. The number of hydrogen-bond acceptors (Lipinski definition) is 5. The predicted molar refractivity (Wildman–Crippen MR) is 129 cm³/mol. The summed E-state index contributed by atoms with van der Waals surface area (Å²) in [5.74, 6) is 0.424. The van der Waals surface area contributed by atoms with Gasteiger partial charge in [0.05, 0.1) is 12.2 Å². The van der Waals surface area contributed by atoms with Crippen molar-refractivity contribution in [2.75, 3.05) is 16.4 Å². The van der Waals surface area contributed by atoms with Crippen molar-refractivity contribution in [3.05, 3.63) is 63.9 Å². The number of hydrogen-bond donors (Lipinski definition) is 2. The lowest BCUT2D eigenvalue weighted by molar-refractivity contribution is -0.116. The van der Waals surface area contributed by atoms with E-state index in [1.807, 2.05) is 50.5 Å². The average molecular weight is 472 g/mol. The van der Waals surface area contributed by atoms with Gasteiger partial charge in [-0.05, 0) is 63.1 Å². The minimum atomic E-state index is -0.161. The number of carbonyl (C=O) groups is 2. The number of thioether (sulfide) groups is 1. The van der Waals surface area contributed by atoms with Crippen LogP contribution in [0, 0.1) is 20.8 Å². The Kier molecular flexibility index (Phi) is 7.93. The molecule has 0 bridgehead atoms. The number of nitrogens with one attached hydrogen (secondary N) is 2. The zero-order chi connectivity index (χ0) is 23.3. The van der Waals surface area contributed by atoms with Gasteiger partial charge in [0.1, 0.15) is 5.82 Å². The van der Waals surface area contributed by atoms with Gasteiger partial charge < -0.3 is 15.2 Å². The Morgan fingerprint density at radius 2 is 1.62 bits per heavy atom. The van der Waals surface area contributed by atoms with Crippen molar-refractivity contribution < 1.29 is 9.59 Å². The molecule has 0 aliphatic rings. The second-order valence-corrected chi connectivity index (χ2v) is 8.86. The van der Waals surface area contributed by atoms with E-state index in [-0.39, 0.29) is 24.0 Å². The Bertz CT molecular complexity index is 1150. The van der Waals surface area contributed by atoms with Gasteiger partial charge in [-0.1, -0.05) is 41.1 Å². The monoisotopic (exact) mass is 471 g/mol. The number of anilines is 2. The zero-order valence-corrected chi connectivity index (χ0v) is 20.1. The van der Waals surface area contributed by atoms with Crippen molar-refractivity contribution in [1.82, 2.24) is 14.8 Å². The van der Waals surface area contributed by atoms with Gasteiger partial charge in [-0.2, -0.15) is 0 Å². The maximum atomic E-state index is 12.5. The second kappa shape index (κ2) is 10.7. The molecule has 168 valence electrons. The van der Waals surface area contributed by atoms with Crippen LogP contribution in [-0.2, 0) is 22.6 Å². The molecule has 0 unspecified atom stereocenters. The van der Waals surface area contributed by atoms with E-state index in [0.717, 1.165) is 28.1 Å². The van der Waals surface area contributed by atoms with Crippen molar-refractivity contribution in [3.8, 4) is 0 Å². The average Bonchev–Trinajstić information content (AvgIpc) is 3.12. The minimum absolute atomic E-state index is 0.102. The Morgan fingerprint density at radius 1 is 0.969 bits per heavy atom. The molecule has 3 rings (SSSR count). The Hall–Kier alpha value is -2.84. The molecule has 0 aliphatic carbocycles. The van der Waals surface area contributed by atoms with Crippen LogP contribution in [0.1, 0.15) is 29.4 Å². The fourth-order valence-corrected chi connectivity index (χ4v) is 4.30. The summed E-state index contributed by atoms with van der Waals surface area (Å²) < 4.78 is 1.85. The van der Waals surface area contributed by atoms with Gasteiger partial charge in [0.15, 0.2) is 5.16 Å². The topological polar surface area (TPSA) is 88.9 Å². The molecule has 2 amide bonds. The van der Waals surface area contributed by atoms with Crippen molar-refractivity contribution in [3.63, 3.8) is 0 Å². The smallest absolute Gasteiger partial charge is 0.234 e. The quantitative estimate of drug-likeness (QED) is 0.461. The minimum Gasteiger partial charge on any atom is -0.325 e. The van der Waals surface area contributed by atoms with Gasteiger partial charge in [-0.3, -0.25) is 9.59 Å². The van der Waals surface area contributed by atoms with E-state index < -0.39 is 0 Å². The van der Waals surface area contributed by atoms with Gasteiger partial charge in [-0.15, -0.1) is 10.2 Å². The maximum absolute atomic E-state index is 12.5. The van der Waals surface area contributed by atoms with Gasteiger partial charge >= 0.3 is 0 Å². The third-order valence-corrected chi connectivity index (χ3v) is 6.08. The molecule has 0 atom stereocenters. The highest BCUT2D eigenvalue weighted by Gasteiger charge is 2.17. The van der Waals surface area contributed by atoms with E-state index in [1.165, 1.54) is 11.8 Å². The van der Waals surface area contributed by atoms with E-state index in [2.05, 4.69) is 20.8 Å². The van der Waals surface area contributed by atoms with E-state index >= 15 is 0 Å². The number of rotatable bonds is 8. The highest BCUT2D eigenvalue weighted by atomic mass is 35.5. The fourth-order valence-electron chi connectivity index (χ4n) is 3.25. The molecule has 3 aromatic rings. The van der Waals surface area contributed by atoms with Crippen molar-refractivity contribution in [2.24, 2.45) is 0 Å². The number of aromatic nitrogens is 3. The highest BCUT2D eigenvalue weighted by molar-refractivity contribution is 7.99. The first-order valence-electron chi connectivity index (χ1n) is 10.2. The second-order valence-electron chi connectivity index (χ2n) is 7.48. The van der Waals surface area contributed by atoms with E-state index in [0.29, 0.717) is 22.5 Å². The lowest BCUT2D eigenvalue weighted by Gasteiger charge is -2.11. The third kappa shape index (κ3) is 6.11. The van der Waals surface area contributed by atoms with Crippen molar-refractivity contribution >= 4 is 46.6 Å². The molecule has 0 spiro atoms. The molecule has 0 fully saturated rings. The Balaban J connectivity index is 1.60. The lowest BCUT2D eigenvalue weighted by atomic mass is 10.1. The molecule has 7 nitrogen and oxygen atoms in total. The molecular formula is C23H26ClN5O2S. The molecule has 0 aliphatic heterocycles. The number of benzene rings is 2. The highest BCUT2D eigenvalue weighted by Crippen LogP contribution is 2.22. The largest absolute Gasteiger partial charge is 0.325 e. The number of carbonyl (C=O) groups excluding carboxylic acids is 2. The standard InChI is InChI=1S/C23H26ClN5O2S/c1-5-29-20(12-21(30)25-18-8-6-14(2)10-15(18)3)27-28-23(29)32-13-22(31)26-19-9-7-17(24)11-16(19)4/h6-11H,5,12-13H2,1-4H3,(H,25,30)(H,26,31). The molecule has 2 N–H and O–H groups in total. The summed E-state index contributed by atoms with van der Waals surface area (Å²) in [6.07, 6.45) is 0.102. The maximum Gasteiger partial charge on any atom is 0.234 e. The summed E-state index contributed by atoms with van der Waals surface area (Å²) in [4.78, 5) is 24.9. The summed E-state index contributed by atoms with van der Waals surface area (Å²) in [5, 5.41) is 15.4. The number of nitrogens with zero attached hydrogens (tertiary/aromatic N) is 3. The molecule has 1 heterocycles. The van der Waals surface area contributed by atoms with Crippen LogP contribution in [0.15, 0.2) is 41.6 Å². The van der Waals surface area contributed by atoms with Crippen LogP contribution >= 0.6 is 23.4 Å². The molecular weight excluding hydrogens is 446 g/mol. The summed E-state index contributed by atoms with van der Waals surface area (Å²) in [5.41, 5.74) is 4.55. The molecule has 0 saturated carbocycles. The van der Waals surface area contributed by atoms with Gasteiger partial charge in [0.2, 0.25) is 11.8 Å². The SMILES string of the molecule is CCn1c(CC(=O)Nc2ccc(C)cc2C)nnc1SCC(=O)Nc1ccc(Cl)cc1C. The molecule has 32 heavy (non-hydrogen) atoms. The first kappa shape index (κ1) is 23.8. The number of aryl methyl sites for hydroxylation is 3. The fraction of sp³-hybridized carbons (Fsp3) is 0.304. The third-order valence-electron chi connectivity index (χ3n) is 4.88. The van der Waals surface area contributed by atoms with Crippen LogP contribution in [-0.4, -0.2) is 32.3 Å². The van der Waals surface area contributed by atoms with Gasteiger partial charge in [0.25, 0.3) is 0 Å². The van der Waals surface area contributed by atoms with Crippen molar-refractivity contribution in [1.29, 1.82) is 0 Å². The van der Waals surface area contributed by atoms with Crippen LogP contribution in [0.5, 0.6) is 0 Å². The van der Waals surface area contributed by atoms with Gasteiger partial charge in [-0.25, -0.2) is 0 Å². The summed E-state index contributed by atoms with van der Waals surface area (Å²) in [6, 6.07) is 11.2.